The molecule has 1 aliphatic rings. The minimum Gasteiger partial charge on any atom is -0.353 e. The van der Waals surface area contributed by atoms with Crippen LogP contribution in [-0.2, 0) is 9.59 Å². The first kappa shape index (κ1) is 26.3. The van der Waals surface area contributed by atoms with Gasteiger partial charge < -0.3 is 9.80 Å². The highest BCUT2D eigenvalue weighted by atomic mass is 35.5. The van der Waals surface area contributed by atoms with E-state index in [4.69, 9.17) is 16.6 Å². The Kier molecular flexibility index (Phi) is 8.27. The van der Waals surface area contributed by atoms with Crippen molar-refractivity contribution in [3.8, 4) is 11.3 Å². The van der Waals surface area contributed by atoms with Crippen LogP contribution in [0, 0.1) is 11.2 Å². The molecule has 2 amide bonds. The Balaban J connectivity index is 2.11. The molecule has 0 aliphatic carbocycles. The van der Waals surface area contributed by atoms with Gasteiger partial charge in [0.15, 0.2) is 0 Å². The van der Waals surface area contributed by atoms with Gasteiger partial charge in [-0.2, -0.15) is 0 Å². The van der Waals surface area contributed by atoms with Crippen LogP contribution in [0.4, 0.5) is 10.2 Å². The van der Waals surface area contributed by atoms with Gasteiger partial charge in [-0.25, -0.2) is 9.37 Å². The van der Waals surface area contributed by atoms with Crippen molar-refractivity contribution in [3.63, 3.8) is 0 Å². The molecular weight excluding hydrogens is 469 g/mol. The second kappa shape index (κ2) is 11.0. The molecular formula is C26H31ClFN5O2. The van der Waals surface area contributed by atoms with E-state index in [1.54, 1.807) is 36.2 Å². The number of hydrogen-bond donors (Lipinski definition) is 0. The van der Waals surface area contributed by atoms with Crippen molar-refractivity contribution in [1.82, 2.24) is 14.8 Å². The van der Waals surface area contributed by atoms with Crippen molar-refractivity contribution < 1.29 is 14.0 Å². The van der Waals surface area contributed by atoms with Gasteiger partial charge in [-0.15, -0.1) is 0 Å². The van der Waals surface area contributed by atoms with E-state index in [1.807, 2.05) is 25.7 Å². The van der Waals surface area contributed by atoms with Crippen molar-refractivity contribution in [2.75, 3.05) is 44.7 Å². The number of amidine groups is 1. The number of aliphatic imine (C=N–C) groups is 1. The SMILES string of the molecule is C=CC(=O)N1CCN(/C(=N/C)c2cc(Cl)c(-c3ccccc3F)nc2N(C=O)CC(C)(C)C)CC1. The zero-order valence-corrected chi connectivity index (χ0v) is 21.3. The summed E-state index contributed by atoms with van der Waals surface area (Å²) >= 11 is 6.64. The molecule has 7 nitrogen and oxygen atoms in total. The topological polar surface area (TPSA) is 69.1 Å². The average Bonchev–Trinajstić information content (AvgIpc) is 2.83. The van der Waals surface area contributed by atoms with Gasteiger partial charge in [0, 0.05) is 45.3 Å². The van der Waals surface area contributed by atoms with Crippen LogP contribution < -0.4 is 4.90 Å². The molecule has 0 saturated carbocycles. The Hall–Kier alpha value is -3.26. The number of pyridine rings is 1. The van der Waals surface area contributed by atoms with E-state index in [1.165, 1.54) is 17.0 Å². The summed E-state index contributed by atoms with van der Waals surface area (Å²) in [6.45, 7) is 12.1. The first-order valence-corrected chi connectivity index (χ1v) is 11.8. The van der Waals surface area contributed by atoms with Gasteiger partial charge in [0.25, 0.3) is 0 Å². The molecule has 0 unspecified atom stereocenters. The van der Waals surface area contributed by atoms with E-state index in [9.17, 15) is 14.0 Å². The number of rotatable bonds is 6. The lowest BCUT2D eigenvalue weighted by Gasteiger charge is -2.37. The quantitative estimate of drug-likeness (QED) is 0.258. The largest absolute Gasteiger partial charge is 0.353 e. The number of nitrogens with zero attached hydrogens (tertiary/aromatic N) is 5. The molecule has 2 aromatic rings. The molecule has 1 aromatic carbocycles. The van der Waals surface area contributed by atoms with Crippen molar-refractivity contribution in [1.29, 1.82) is 0 Å². The Morgan fingerprint density at radius 3 is 2.40 bits per heavy atom. The molecule has 0 spiro atoms. The summed E-state index contributed by atoms with van der Waals surface area (Å²) in [5, 5.41) is 0.247. The Labute approximate surface area is 210 Å². The van der Waals surface area contributed by atoms with E-state index in [2.05, 4.69) is 11.6 Å². The predicted molar refractivity (Wildman–Crippen MR) is 138 cm³/mol. The van der Waals surface area contributed by atoms with Crippen LogP contribution in [0.5, 0.6) is 0 Å². The molecule has 35 heavy (non-hydrogen) atoms. The number of hydrogen-bond acceptors (Lipinski definition) is 4. The minimum absolute atomic E-state index is 0.114. The summed E-state index contributed by atoms with van der Waals surface area (Å²) in [5.74, 6) is 0.377. The molecule has 0 radical (unpaired) electrons. The van der Waals surface area contributed by atoms with E-state index in [-0.39, 0.29) is 27.6 Å². The number of aromatic nitrogens is 1. The van der Waals surface area contributed by atoms with E-state index in [0.29, 0.717) is 49.9 Å². The fourth-order valence-corrected chi connectivity index (χ4v) is 4.33. The molecule has 1 saturated heterocycles. The van der Waals surface area contributed by atoms with Gasteiger partial charge in [-0.3, -0.25) is 19.5 Å². The highest BCUT2D eigenvalue weighted by Crippen LogP contribution is 2.34. The zero-order chi connectivity index (χ0) is 25.8. The number of benzene rings is 1. The van der Waals surface area contributed by atoms with Crippen LogP contribution in [0.2, 0.25) is 5.02 Å². The number of carbonyl (C=O) groups excluding carboxylic acids is 2. The maximum atomic E-state index is 14.6. The second-order valence-electron chi connectivity index (χ2n) is 9.53. The zero-order valence-electron chi connectivity index (χ0n) is 20.6. The van der Waals surface area contributed by atoms with E-state index >= 15 is 0 Å². The molecule has 0 atom stereocenters. The number of halogens is 2. The summed E-state index contributed by atoms with van der Waals surface area (Å²) in [5.41, 5.74) is 0.842. The van der Waals surface area contributed by atoms with Crippen LogP contribution in [0.3, 0.4) is 0 Å². The number of piperazine rings is 1. The van der Waals surface area contributed by atoms with Gasteiger partial charge >= 0.3 is 0 Å². The van der Waals surface area contributed by atoms with Crippen molar-refractivity contribution in [2.45, 2.75) is 20.8 Å². The molecule has 0 N–H and O–H groups in total. The van der Waals surface area contributed by atoms with E-state index < -0.39 is 5.82 Å². The highest BCUT2D eigenvalue weighted by molar-refractivity contribution is 6.33. The fourth-order valence-electron chi connectivity index (χ4n) is 4.08. The third-order valence-corrected chi connectivity index (χ3v) is 5.94. The third kappa shape index (κ3) is 6.06. The summed E-state index contributed by atoms with van der Waals surface area (Å²) in [4.78, 5) is 38.7. The molecule has 9 heteroatoms. The summed E-state index contributed by atoms with van der Waals surface area (Å²) in [6, 6.07) is 7.94. The Morgan fingerprint density at radius 1 is 1.23 bits per heavy atom. The van der Waals surface area contributed by atoms with Gasteiger partial charge in [-0.1, -0.05) is 51.1 Å². The van der Waals surface area contributed by atoms with Crippen molar-refractivity contribution in [3.05, 3.63) is 59.4 Å². The van der Waals surface area contributed by atoms with Gasteiger partial charge in [-0.05, 0) is 29.7 Å². The summed E-state index contributed by atoms with van der Waals surface area (Å²) < 4.78 is 14.6. The smallest absolute Gasteiger partial charge is 0.246 e. The summed E-state index contributed by atoms with van der Waals surface area (Å²) in [7, 11) is 1.66. The maximum Gasteiger partial charge on any atom is 0.246 e. The first-order chi connectivity index (χ1) is 16.6. The fraction of sp³-hybridized carbons (Fsp3) is 0.385. The molecule has 1 fully saturated rings. The normalized spacial score (nSPS) is 14.6. The van der Waals surface area contributed by atoms with Crippen LogP contribution in [0.1, 0.15) is 26.3 Å². The lowest BCUT2D eigenvalue weighted by molar-refractivity contribution is -0.127. The Bertz CT molecular complexity index is 1140. The minimum atomic E-state index is -0.457. The van der Waals surface area contributed by atoms with Crippen molar-refractivity contribution >= 4 is 35.6 Å². The molecule has 3 rings (SSSR count). The highest BCUT2D eigenvalue weighted by Gasteiger charge is 2.29. The van der Waals surface area contributed by atoms with Crippen molar-refractivity contribution in [2.24, 2.45) is 10.4 Å². The molecule has 186 valence electrons. The van der Waals surface area contributed by atoms with Gasteiger partial charge in [0.05, 0.1) is 16.3 Å². The monoisotopic (exact) mass is 499 g/mol. The lowest BCUT2D eigenvalue weighted by Crippen LogP contribution is -2.50. The first-order valence-electron chi connectivity index (χ1n) is 11.4. The van der Waals surface area contributed by atoms with Gasteiger partial charge in [0.1, 0.15) is 17.5 Å². The number of amides is 2. The summed E-state index contributed by atoms with van der Waals surface area (Å²) in [6.07, 6.45) is 2.03. The third-order valence-electron chi connectivity index (χ3n) is 5.65. The predicted octanol–water partition coefficient (Wildman–Crippen LogP) is 4.26. The van der Waals surface area contributed by atoms with Gasteiger partial charge in [0.2, 0.25) is 12.3 Å². The Morgan fingerprint density at radius 2 is 1.86 bits per heavy atom. The molecule has 0 bridgehead atoms. The molecule has 2 heterocycles. The lowest BCUT2D eigenvalue weighted by atomic mass is 9.96. The van der Waals surface area contributed by atoms with Crippen LogP contribution in [-0.4, -0.2) is 72.7 Å². The van der Waals surface area contributed by atoms with Crippen LogP contribution in [0.15, 0.2) is 48.0 Å². The van der Waals surface area contributed by atoms with Crippen LogP contribution in [0.25, 0.3) is 11.3 Å². The van der Waals surface area contributed by atoms with Crippen LogP contribution >= 0.6 is 11.6 Å². The maximum absolute atomic E-state index is 14.6. The number of anilines is 1. The standard InChI is InChI=1S/C26H31ClFN5O2/c1-6-22(35)31-11-13-32(14-12-31)24(29-5)19-15-20(27)23(18-9-7-8-10-21(18)28)30-25(19)33(17-34)16-26(2,3)4/h6-10,15,17H,1,11-14,16H2,2-5H3/b29-24+. The average molecular weight is 500 g/mol. The molecule has 1 aliphatic heterocycles. The van der Waals surface area contributed by atoms with E-state index in [0.717, 1.165) is 6.41 Å². The second-order valence-corrected chi connectivity index (χ2v) is 9.93. The number of carbonyl (C=O) groups is 2. The molecule has 1 aromatic heterocycles.